The van der Waals surface area contributed by atoms with Crippen molar-refractivity contribution in [1.29, 1.82) is 0 Å². The van der Waals surface area contributed by atoms with E-state index in [0.29, 0.717) is 38.2 Å². The zero-order chi connectivity index (χ0) is 24.6. The number of nitrogens with one attached hydrogen (secondary N) is 1. The first-order chi connectivity index (χ1) is 16.3. The van der Waals surface area contributed by atoms with E-state index in [1.165, 1.54) is 16.4 Å². The number of esters is 1. The third kappa shape index (κ3) is 6.80. The van der Waals surface area contributed by atoms with E-state index in [9.17, 15) is 18.0 Å². The molecule has 0 spiro atoms. The molecule has 0 radical (unpaired) electrons. The molecular formula is C25H32N2O6S. The molecule has 2 aromatic rings. The van der Waals surface area contributed by atoms with Gasteiger partial charge in [-0.2, -0.15) is 4.31 Å². The van der Waals surface area contributed by atoms with E-state index in [-0.39, 0.29) is 23.9 Å². The number of carbonyl (C=O) groups is 2. The van der Waals surface area contributed by atoms with Crippen LogP contribution >= 0.6 is 0 Å². The predicted octanol–water partition coefficient (Wildman–Crippen LogP) is 2.78. The Bertz CT molecular complexity index is 1050. The summed E-state index contributed by atoms with van der Waals surface area (Å²) >= 11 is 0. The van der Waals surface area contributed by atoms with Gasteiger partial charge in [-0.25, -0.2) is 8.42 Å². The number of piperidine rings is 1. The Hall–Kier alpha value is -2.91. The lowest BCUT2D eigenvalue weighted by molar-refractivity contribution is -0.159. The molecule has 1 atom stereocenters. The molecule has 2 aromatic carbocycles. The molecule has 1 amide bonds. The Kier molecular flexibility index (Phi) is 9.06. The number of hydrogen-bond donors (Lipinski definition) is 1. The normalized spacial score (nSPS) is 15.9. The Morgan fingerprint density at radius 2 is 1.71 bits per heavy atom. The minimum atomic E-state index is -3.65. The highest BCUT2D eigenvalue weighted by Crippen LogP contribution is 2.26. The molecule has 1 heterocycles. The molecule has 1 fully saturated rings. The molecule has 8 nitrogen and oxygen atoms in total. The molecule has 0 aliphatic carbocycles. The van der Waals surface area contributed by atoms with Crippen molar-refractivity contribution in [1.82, 2.24) is 9.62 Å². The molecule has 9 heteroatoms. The number of amides is 1. The number of carbonyl (C=O) groups excluding carboxylic acids is 2. The van der Waals surface area contributed by atoms with Crippen molar-refractivity contribution in [2.24, 2.45) is 5.92 Å². The smallest absolute Gasteiger partial charge is 0.309 e. The van der Waals surface area contributed by atoms with Crippen LogP contribution in [0, 0.1) is 5.92 Å². The lowest BCUT2D eigenvalue weighted by atomic mass is 9.98. The first-order valence-corrected chi connectivity index (χ1v) is 13.0. The van der Waals surface area contributed by atoms with Crippen molar-refractivity contribution in [2.75, 3.05) is 26.2 Å². The first kappa shape index (κ1) is 25.7. The molecule has 1 aliphatic rings. The summed E-state index contributed by atoms with van der Waals surface area (Å²) in [6, 6.07) is 16.1. The van der Waals surface area contributed by atoms with E-state index in [1.807, 2.05) is 37.3 Å². The highest BCUT2D eigenvalue weighted by molar-refractivity contribution is 7.89. The monoisotopic (exact) mass is 488 g/mol. The second-order valence-corrected chi connectivity index (χ2v) is 10.1. The van der Waals surface area contributed by atoms with Crippen LogP contribution in [0.4, 0.5) is 0 Å². The maximum absolute atomic E-state index is 12.9. The van der Waals surface area contributed by atoms with E-state index in [1.54, 1.807) is 19.1 Å². The van der Waals surface area contributed by atoms with Gasteiger partial charge in [0.1, 0.15) is 5.75 Å². The molecule has 34 heavy (non-hydrogen) atoms. The summed E-state index contributed by atoms with van der Waals surface area (Å²) in [6.45, 7) is 4.79. The molecule has 1 N–H and O–H groups in total. The van der Waals surface area contributed by atoms with Crippen LogP contribution in [0.3, 0.4) is 0 Å². The molecule has 184 valence electrons. The molecule has 0 bridgehead atoms. The van der Waals surface area contributed by atoms with Gasteiger partial charge in [0.25, 0.3) is 5.91 Å². The second-order valence-electron chi connectivity index (χ2n) is 8.19. The van der Waals surface area contributed by atoms with E-state index in [0.717, 1.165) is 5.56 Å². The van der Waals surface area contributed by atoms with Gasteiger partial charge in [0.2, 0.25) is 10.0 Å². The fourth-order valence-corrected chi connectivity index (χ4v) is 5.27. The van der Waals surface area contributed by atoms with Crippen molar-refractivity contribution in [3.63, 3.8) is 0 Å². The Labute approximate surface area is 201 Å². The molecular weight excluding hydrogens is 456 g/mol. The average Bonchev–Trinajstić information content (AvgIpc) is 2.85. The summed E-state index contributed by atoms with van der Waals surface area (Å²) in [6.07, 6.45) is 0.470. The first-order valence-electron chi connectivity index (χ1n) is 11.6. The van der Waals surface area contributed by atoms with Crippen LogP contribution in [-0.2, 0) is 30.8 Å². The topological polar surface area (TPSA) is 102 Å². The summed E-state index contributed by atoms with van der Waals surface area (Å²) in [4.78, 5) is 25.0. The minimum absolute atomic E-state index is 0.192. The van der Waals surface area contributed by atoms with Crippen molar-refractivity contribution in [2.45, 2.75) is 44.1 Å². The van der Waals surface area contributed by atoms with Gasteiger partial charge in [-0.3, -0.25) is 9.59 Å². The van der Waals surface area contributed by atoms with Crippen LogP contribution in [0.5, 0.6) is 5.75 Å². The third-order valence-corrected chi connectivity index (χ3v) is 7.69. The average molecular weight is 489 g/mol. The SMILES string of the molecule is CCOc1ccc(S(=O)(=O)N2CCC(C(=O)OC(C)C(=O)NCCc3ccccc3)CC2)cc1. The van der Waals surface area contributed by atoms with Gasteiger partial charge in [-0.15, -0.1) is 0 Å². The van der Waals surface area contributed by atoms with Gasteiger partial charge in [0.15, 0.2) is 6.10 Å². The molecule has 0 aromatic heterocycles. The lowest BCUT2D eigenvalue weighted by Crippen LogP contribution is -2.42. The molecule has 1 unspecified atom stereocenters. The van der Waals surface area contributed by atoms with Gasteiger partial charge in [-0.1, -0.05) is 30.3 Å². The van der Waals surface area contributed by atoms with Crippen LogP contribution in [-0.4, -0.2) is 56.9 Å². The van der Waals surface area contributed by atoms with Crippen molar-refractivity contribution >= 4 is 21.9 Å². The van der Waals surface area contributed by atoms with Gasteiger partial charge in [0.05, 0.1) is 17.4 Å². The Morgan fingerprint density at radius 3 is 2.32 bits per heavy atom. The fraction of sp³-hybridized carbons (Fsp3) is 0.440. The molecule has 0 saturated carbocycles. The number of benzene rings is 2. The van der Waals surface area contributed by atoms with Gasteiger partial charge in [0, 0.05) is 19.6 Å². The molecule has 3 rings (SSSR count). The van der Waals surface area contributed by atoms with E-state index >= 15 is 0 Å². The minimum Gasteiger partial charge on any atom is -0.494 e. The number of rotatable bonds is 10. The predicted molar refractivity (Wildman–Crippen MR) is 128 cm³/mol. The maximum Gasteiger partial charge on any atom is 0.309 e. The maximum atomic E-state index is 12.9. The lowest BCUT2D eigenvalue weighted by Gasteiger charge is -2.30. The number of hydrogen-bond acceptors (Lipinski definition) is 6. The van der Waals surface area contributed by atoms with Crippen LogP contribution in [0.15, 0.2) is 59.5 Å². The third-order valence-electron chi connectivity index (χ3n) is 5.78. The van der Waals surface area contributed by atoms with Crippen LogP contribution in [0.25, 0.3) is 0 Å². The Balaban J connectivity index is 1.44. The highest BCUT2D eigenvalue weighted by atomic mass is 32.2. The van der Waals surface area contributed by atoms with Crippen molar-refractivity contribution in [3.05, 3.63) is 60.2 Å². The molecule has 1 aliphatic heterocycles. The van der Waals surface area contributed by atoms with Gasteiger partial charge >= 0.3 is 5.97 Å². The summed E-state index contributed by atoms with van der Waals surface area (Å²) < 4.78 is 37.9. The van der Waals surface area contributed by atoms with E-state index in [4.69, 9.17) is 9.47 Å². The standard InChI is InChI=1S/C25H32N2O6S/c1-3-32-22-9-11-23(12-10-22)34(30,31)27-17-14-21(15-18-27)25(29)33-19(2)24(28)26-16-13-20-7-5-4-6-8-20/h4-12,19,21H,3,13-18H2,1-2H3,(H,26,28). The number of nitrogens with zero attached hydrogens (tertiary/aromatic N) is 1. The number of sulfonamides is 1. The second kappa shape index (κ2) is 12.0. The summed E-state index contributed by atoms with van der Waals surface area (Å²) in [7, 11) is -3.65. The molecule has 1 saturated heterocycles. The van der Waals surface area contributed by atoms with Crippen LogP contribution < -0.4 is 10.1 Å². The van der Waals surface area contributed by atoms with Crippen LogP contribution in [0.1, 0.15) is 32.3 Å². The zero-order valence-corrected chi connectivity index (χ0v) is 20.4. The largest absolute Gasteiger partial charge is 0.494 e. The van der Waals surface area contributed by atoms with Crippen molar-refractivity contribution in [3.8, 4) is 5.75 Å². The summed E-state index contributed by atoms with van der Waals surface area (Å²) in [5.41, 5.74) is 1.11. The van der Waals surface area contributed by atoms with E-state index < -0.39 is 28.0 Å². The van der Waals surface area contributed by atoms with Crippen molar-refractivity contribution < 1.29 is 27.5 Å². The zero-order valence-electron chi connectivity index (χ0n) is 19.6. The summed E-state index contributed by atoms with van der Waals surface area (Å²) in [5, 5.41) is 2.78. The summed E-state index contributed by atoms with van der Waals surface area (Å²) in [5.74, 6) is -0.643. The number of ether oxygens (including phenoxy) is 2. The van der Waals surface area contributed by atoms with Crippen LogP contribution in [0.2, 0.25) is 0 Å². The van der Waals surface area contributed by atoms with E-state index in [2.05, 4.69) is 5.32 Å². The quantitative estimate of drug-likeness (QED) is 0.516. The fourth-order valence-electron chi connectivity index (χ4n) is 3.80. The Morgan fingerprint density at radius 1 is 1.06 bits per heavy atom. The van der Waals surface area contributed by atoms with Gasteiger partial charge < -0.3 is 14.8 Å². The van der Waals surface area contributed by atoms with Gasteiger partial charge in [-0.05, 0) is 62.9 Å². The highest BCUT2D eigenvalue weighted by Gasteiger charge is 2.34.